The minimum atomic E-state index is 0.0647. The average molecular weight is 336 g/mol. The number of rotatable bonds is 2. The van der Waals surface area contributed by atoms with E-state index in [9.17, 15) is 4.79 Å². The lowest BCUT2D eigenvalue weighted by atomic mass is 10.1. The molecule has 1 N–H and O–H groups in total. The highest BCUT2D eigenvalue weighted by Crippen LogP contribution is 2.17. The molecule has 0 spiro atoms. The molecular formula is C17H17Cl2N2O+. The van der Waals surface area contributed by atoms with Gasteiger partial charge < -0.3 is 4.90 Å². The third-order valence-corrected chi connectivity index (χ3v) is 4.58. The van der Waals surface area contributed by atoms with Crippen molar-refractivity contribution in [2.24, 2.45) is 0 Å². The Bertz CT molecular complexity index is 665. The van der Waals surface area contributed by atoms with Gasteiger partial charge in [0.05, 0.1) is 26.2 Å². The second-order valence-corrected chi connectivity index (χ2v) is 6.23. The molecule has 114 valence electrons. The second-order valence-electron chi connectivity index (χ2n) is 5.38. The van der Waals surface area contributed by atoms with E-state index < -0.39 is 0 Å². The Morgan fingerprint density at radius 1 is 0.955 bits per heavy atom. The number of hydrogen-bond donors (Lipinski definition) is 1. The molecule has 1 saturated heterocycles. The van der Waals surface area contributed by atoms with Crippen LogP contribution in [0.1, 0.15) is 10.4 Å². The number of carbonyl (C=O) groups is 1. The van der Waals surface area contributed by atoms with Crippen LogP contribution in [0.25, 0.3) is 0 Å². The van der Waals surface area contributed by atoms with Gasteiger partial charge in [-0.1, -0.05) is 35.3 Å². The van der Waals surface area contributed by atoms with E-state index in [1.165, 1.54) is 4.90 Å². The Labute approximate surface area is 140 Å². The molecule has 1 amide bonds. The van der Waals surface area contributed by atoms with Crippen molar-refractivity contribution in [3.63, 3.8) is 0 Å². The van der Waals surface area contributed by atoms with Gasteiger partial charge in [0.15, 0.2) is 0 Å². The highest BCUT2D eigenvalue weighted by Gasteiger charge is 2.26. The van der Waals surface area contributed by atoms with Crippen molar-refractivity contribution in [3.05, 3.63) is 64.1 Å². The smallest absolute Gasteiger partial charge is 0.254 e. The topological polar surface area (TPSA) is 24.8 Å². The monoisotopic (exact) mass is 335 g/mol. The molecule has 0 saturated carbocycles. The fourth-order valence-electron chi connectivity index (χ4n) is 2.77. The molecule has 1 heterocycles. The van der Waals surface area contributed by atoms with Gasteiger partial charge in [-0.25, -0.2) is 0 Å². The zero-order chi connectivity index (χ0) is 15.5. The second kappa shape index (κ2) is 6.69. The van der Waals surface area contributed by atoms with Crippen molar-refractivity contribution in [1.29, 1.82) is 0 Å². The summed E-state index contributed by atoms with van der Waals surface area (Å²) in [7, 11) is 0. The van der Waals surface area contributed by atoms with Crippen LogP contribution in [0.2, 0.25) is 10.0 Å². The quantitative estimate of drug-likeness (QED) is 0.896. The number of piperazine rings is 1. The summed E-state index contributed by atoms with van der Waals surface area (Å²) in [4.78, 5) is 15.7. The Kier molecular flexibility index (Phi) is 4.67. The van der Waals surface area contributed by atoms with Gasteiger partial charge in [-0.15, -0.1) is 0 Å². The molecule has 0 unspecified atom stereocenters. The number of hydrogen-bond acceptors (Lipinski definition) is 1. The molecule has 3 rings (SSSR count). The first-order valence-corrected chi connectivity index (χ1v) is 8.05. The van der Waals surface area contributed by atoms with E-state index in [1.807, 2.05) is 29.2 Å². The van der Waals surface area contributed by atoms with E-state index in [2.05, 4.69) is 0 Å². The van der Waals surface area contributed by atoms with Crippen LogP contribution < -0.4 is 4.90 Å². The summed E-state index contributed by atoms with van der Waals surface area (Å²) < 4.78 is 0. The predicted octanol–water partition coefficient (Wildman–Crippen LogP) is 2.67. The Hall–Kier alpha value is -1.55. The number of carbonyl (C=O) groups excluding carboxylic acids is 1. The van der Waals surface area contributed by atoms with Gasteiger partial charge in [0.25, 0.3) is 5.91 Å². The molecule has 5 heteroatoms. The van der Waals surface area contributed by atoms with Gasteiger partial charge in [0.2, 0.25) is 0 Å². The summed E-state index contributed by atoms with van der Waals surface area (Å²) in [5, 5.41) is 1.43. The maximum absolute atomic E-state index is 12.5. The molecule has 22 heavy (non-hydrogen) atoms. The SMILES string of the molecule is O=C(c1ccc(Cl)cc1)N1CC[NH+](c2ccccc2Cl)CC1. The first-order valence-electron chi connectivity index (χ1n) is 7.29. The van der Waals surface area contributed by atoms with Crippen LogP contribution in [-0.4, -0.2) is 37.0 Å². The van der Waals surface area contributed by atoms with Gasteiger partial charge in [-0.2, -0.15) is 0 Å². The molecule has 1 fully saturated rings. The van der Waals surface area contributed by atoms with Crippen LogP contribution in [-0.2, 0) is 0 Å². The first kappa shape index (κ1) is 15.3. The normalized spacial score (nSPS) is 15.8. The summed E-state index contributed by atoms with van der Waals surface area (Å²) in [6.45, 7) is 3.18. The van der Waals surface area contributed by atoms with Crippen molar-refractivity contribution in [1.82, 2.24) is 4.90 Å². The summed E-state index contributed by atoms with van der Waals surface area (Å²) >= 11 is 12.1. The number of nitrogens with zero attached hydrogens (tertiary/aromatic N) is 1. The Morgan fingerprint density at radius 3 is 2.23 bits per heavy atom. The summed E-state index contributed by atoms with van der Waals surface area (Å²) in [6.07, 6.45) is 0. The highest BCUT2D eigenvalue weighted by molar-refractivity contribution is 6.32. The fourth-order valence-corrected chi connectivity index (χ4v) is 3.17. The molecule has 0 atom stereocenters. The number of halogens is 2. The number of para-hydroxylation sites is 1. The van der Waals surface area contributed by atoms with Crippen molar-refractivity contribution < 1.29 is 9.69 Å². The van der Waals surface area contributed by atoms with Crippen LogP contribution in [0.5, 0.6) is 0 Å². The number of nitrogens with one attached hydrogen (secondary N) is 1. The minimum absolute atomic E-state index is 0.0647. The zero-order valence-corrected chi connectivity index (χ0v) is 13.6. The standard InChI is InChI=1S/C17H16Cl2N2O/c18-14-7-5-13(6-8-14)17(22)21-11-9-20(10-12-21)16-4-2-1-3-15(16)19/h1-8H,9-12H2/p+1. The van der Waals surface area contributed by atoms with E-state index in [-0.39, 0.29) is 5.91 Å². The van der Waals surface area contributed by atoms with Gasteiger partial charge in [0, 0.05) is 16.7 Å². The molecule has 3 nitrogen and oxygen atoms in total. The molecule has 2 aromatic rings. The third-order valence-electron chi connectivity index (χ3n) is 4.00. The summed E-state index contributed by atoms with van der Waals surface area (Å²) in [5.41, 5.74) is 1.80. The number of benzene rings is 2. The van der Waals surface area contributed by atoms with E-state index in [4.69, 9.17) is 23.2 Å². The lowest BCUT2D eigenvalue weighted by Gasteiger charge is -2.32. The van der Waals surface area contributed by atoms with E-state index in [1.54, 1.807) is 24.3 Å². The van der Waals surface area contributed by atoms with Gasteiger partial charge in [0.1, 0.15) is 10.7 Å². The highest BCUT2D eigenvalue weighted by atomic mass is 35.5. The van der Waals surface area contributed by atoms with Crippen molar-refractivity contribution in [2.45, 2.75) is 0 Å². The number of quaternary nitrogens is 1. The fraction of sp³-hybridized carbons (Fsp3) is 0.235. The summed E-state index contributed by atoms with van der Waals surface area (Å²) in [6, 6.07) is 14.9. The lowest BCUT2D eigenvalue weighted by Crippen LogP contribution is -3.10. The molecule has 0 aliphatic carbocycles. The van der Waals surface area contributed by atoms with Crippen LogP contribution in [0, 0.1) is 0 Å². The lowest BCUT2D eigenvalue weighted by molar-refractivity contribution is -0.837. The van der Waals surface area contributed by atoms with Crippen LogP contribution in [0.4, 0.5) is 5.69 Å². The molecule has 1 aliphatic rings. The molecule has 2 aromatic carbocycles. The van der Waals surface area contributed by atoms with Crippen LogP contribution >= 0.6 is 23.2 Å². The number of amides is 1. The molecule has 0 bridgehead atoms. The Balaban J connectivity index is 1.65. The van der Waals surface area contributed by atoms with Crippen LogP contribution in [0.15, 0.2) is 48.5 Å². The molecule has 1 aliphatic heterocycles. The first-order chi connectivity index (χ1) is 10.6. The maximum atomic E-state index is 12.5. The minimum Gasteiger partial charge on any atom is -0.327 e. The van der Waals surface area contributed by atoms with Crippen molar-refractivity contribution in [2.75, 3.05) is 26.2 Å². The van der Waals surface area contributed by atoms with Gasteiger partial charge in [-0.3, -0.25) is 9.69 Å². The van der Waals surface area contributed by atoms with E-state index in [0.29, 0.717) is 10.6 Å². The van der Waals surface area contributed by atoms with E-state index in [0.717, 1.165) is 36.9 Å². The van der Waals surface area contributed by atoms with Gasteiger partial charge >= 0.3 is 0 Å². The summed E-state index contributed by atoms with van der Waals surface area (Å²) in [5.74, 6) is 0.0647. The Morgan fingerprint density at radius 2 is 1.59 bits per heavy atom. The maximum Gasteiger partial charge on any atom is 0.254 e. The molecule has 0 aromatic heterocycles. The van der Waals surface area contributed by atoms with Crippen LogP contribution in [0.3, 0.4) is 0 Å². The van der Waals surface area contributed by atoms with Crippen molar-refractivity contribution >= 4 is 34.8 Å². The molecular weight excluding hydrogens is 319 g/mol. The van der Waals surface area contributed by atoms with Gasteiger partial charge in [-0.05, 0) is 30.3 Å². The largest absolute Gasteiger partial charge is 0.327 e. The predicted molar refractivity (Wildman–Crippen MR) is 89.2 cm³/mol. The molecule has 0 radical (unpaired) electrons. The van der Waals surface area contributed by atoms with Crippen molar-refractivity contribution in [3.8, 4) is 0 Å². The van der Waals surface area contributed by atoms with E-state index >= 15 is 0 Å². The third kappa shape index (κ3) is 3.27. The average Bonchev–Trinajstić information content (AvgIpc) is 2.56. The zero-order valence-electron chi connectivity index (χ0n) is 12.1.